The number of ether oxygens (including phenoxy) is 2. The van der Waals surface area contributed by atoms with E-state index < -0.39 is 0 Å². The third-order valence-electron chi connectivity index (χ3n) is 5.92. The van der Waals surface area contributed by atoms with Crippen LogP contribution in [0.2, 0.25) is 0 Å². The Balaban J connectivity index is 1.85. The zero-order chi connectivity index (χ0) is 23.6. The van der Waals surface area contributed by atoms with E-state index in [1.807, 2.05) is 30.3 Å². The normalized spacial score (nSPS) is 14.2. The largest absolute Gasteiger partial charge is 0.496 e. The Kier molecular flexibility index (Phi) is 6.43. The molecule has 0 amide bonds. The van der Waals surface area contributed by atoms with E-state index in [0.717, 1.165) is 44.8 Å². The Labute approximate surface area is 194 Å². The molecule has 0 unspecified atom stereocenters. The monoisotopic (exact) mass is 447 g/mol. The van der Waals surface area contributed by atoms with Gasteiger partial charge in [0.1, 0.15) is 23.9 Å². The van der Waals surface area contributed by atoms with E-state index in [1.165, 1.54) is 12.1 Å². The highest BCUT2D eigenvalue weighted by atomic mass is 19.1. The number of hydrogen-bond acceptors (Lipinski definition) is 4. The molecule has 0 saturated heterocycles. The highest BCUT2D eigenvalue weighted by Crippen LogP contribution is 2.43. The summed E-state index contributed by atoms with van der Waals surface area (Å²) in [5.74, 6) is 0.873. The fraction of sp³-hybridized carbons (Fsp3) is 0.286. The van der Waals surface area contributed by atoms with Gasteiger partial charge >= 0.3 is 0 Å². The number of halogens is 1. The van der Waals surface area contributed by atoms with Crippen LogP contribution in [0.15, 0.2) is 60.7 Å². The summed E-state index contributed by atoms with van der Waals surface area (Å²) >= 11 is 0. The highest BCUT2D eigenvalue weighted by Gasteiger charge is 2.27. The Morgan fingerprint density at radius 2 is 1.76 bits per heavy atom. The lowest BCUT2D eigenvalue weighted by atomic mass is 9.85. The van der Waals surface area contributed by atoms with Gasteiger partial charge in [0, 0.05) is 35.1 Å². The van der Waals surface area contributed by atoms with Gasteiger partial charge in [-0.3, -0.25) is 0 Å². The molecule has 0 radical (unpaired) electrons. The minimum atomic E-state index is -0.344. The SMILES string of the molecule is COc1cc(F)ccc1-c1ccc2c(c1COc1ccccc1CCO)C(C)=CC(C)(C)N2. The standard InChI is InChI=1S/C28H30FNO3/c1-18-16-28(2,3)30-24-12-11-21(22-10-9-20(29)15-26(22)32-4)23(27(18)24)17-33-25-8-6-5-7-19(25)13-14-31/h5-12,15-16,30-31H,13-14,17H2,1-4H3. The summed E-state index contributed by atoms with van der Waals surface area (Å²) in [7, 11) is 1.55. The molecule has 33 heavy (non-hydrogen) atoms. The summed E-state index contributed by atoms with van der Waals surface area (Å²) in [6.45, 7) is 6.75. The van der Waals surface area contributed by atoms with Gasteiger partial charge in [0.15, 0.2) is 0 Å². The molecule has 0 spiro atoms. The van der Waals surface area contributed by atoms with Crippen molar-refractivity contribution in [3.8, 4) is 22.6 Å². The lowest BCUT2D eigenvalue weighted by molar-refractivity contribution is 0.284. The van der Waals surface area contributed by atoms with Crippen LogP contribution >= 0.6 is 0 Å². The van der Waals surface area contributed by atoms with Crippen molar-refractivity contribution in [1.82, 2.24) is 0 Å². The number of fused-ring (bicyclic) bond motifs is 1. The van der Waals surface area contributed by atoms with Gasteiger partial charge in [0.2, 0.25) is 0 Å². The van der Waals surface area contributed by atoms with Crippen LogP contribution in [0.4, 0.5) is 10.1 Å². The van der Waals surface area contributed by atoms with Crippen molar-refractivity contribution in [1.29, 1.82) is 0 Å². The second kappa shape index (κ2) is 9.28. The number of hydrogen-bond donors (Lipinski definition) is 2. The number of aliphatic hydroxyl groups is 1. The Morgan fingerprint density at radius 3 is 2.52 bits per heavy atom. The number of anilines is 1. The second-order valence-electron chi connectivity index (χ2n) is 8.90. The molecule has 0 atom stereocenters. The predicted octanol–water partition coefficient (Wildman–Crippen LogP) is 6.22. The van der Waals surface area contributed by atoms with E-state index in [-0.39, 0.29) is 18.0 Å². The molecule has 0 saturated carbocycles. The van der Waals surface area contributed by atoms with E-state index in [2.05, 4.69) is 38.2 Å². The second-order valence-corrected chi connectivity index (χ2v) is 8.90. The zero-order valence-corrected chi connectivity index (χ0v) is 19.5. The van der Waals surface area contributed by atoms with Crippen LogP contribution in [0.3, 0.4) is 0 Å². The van der Waals surface area contributed by atoms with Gasteiger partial charge in [-0.1, -0.05) is 30.3 Å². The smallest absolute Gasteiger partial charge is 0.129 e. The Bertz CT molecular complexity index is 1200. The van der Waals surface area contributed by atoms with E-state index in [4.69, 9.17) is 9.47 Å². The third kappa shape index (κ3) is 4.74. The summed E-state index contributed by atoms with van der Waals surface area (Å²) in [5, 5.41) is 13.0. The molecule has 1 heterocycles. The fourth-order valence-corrected chi connectivity index (χ4v) is 4.61. The Hall–Kier alpha value is -3.31. The van der Waals surface area contributed by atoms with Crippen molar-refractivity contribution in [2.75, 3.05) is 19.0 Å². The molecule has 4 rings (SSSR count). The number of nitrogens with one attached hydrogen (secondary N) is 1. The molecular weight excluding hydrogens is 417 g/mol. The molecule has 0 fully saturated rings. The maximum Gasteiger partial charge on any atom is 0.129 e. The average Bonchev–Trinajstić information content (AvgIpc) is 2.77. The molecule has 0 aliphatic carbocycles. The summed E-state index contributed by atoms with van der Waals surface area (Å²) in [6.07, 6.45) is 2.74. The summed E-state index contributed by atoms with van der Waals surface area (Å²) in [6, 6.07) is 16.4. The number of benzene rings is 3. The van der Waals surface area contributed by atoms with Crippen LogP contribution in [-0.4, -0.2) is 24.4 Å². The van der Waals surface area contributed by atoms with Crippen LogP contribution in [-0.2, 0) is 13.0 Å². The van der Waals surface area contributed by atoms with Crippen molar-refractivity contribution in [3.63, 3.8) is 0 Å². The van der Waals surface area contributed by atoms with E-state index in [1.54, 1.807) is 13.2 Å². The highest BCUT2D eigenvalue weighted by molar-refractivity contribution is 5.88. The number of allylic oxidation sites excluding steroid dienone is 1. The molecule has 3 aromatic carbocycles. The predicted molar refractivity (Wildman–Crippen MR) is 131 cm³/mol. The first-order chi connectivity index (χ1) is 15.8. The summed E-state index contributed by atoms with van der Waals surface area (Å²) in [4.78, 5) is 0. The molecule has 172 valence electrons. The van der Waals surface area contributed by atoms with Crippen molar-refractivity contribution in [3.05, 3.63) is 83.2 Å². The molecule has 0 aromatic heterocycles. The van der Waals surface area contributed by atoms with Crippen LogP contribution < -0.4 is 14.8 Å². The maximum atomic E-state index is 13.9. The molecule has 2 N–H and O–H groups in total. The van der Waals surface area contributed by atoms with Crippen LogP contribution in [0.5, 0.6) is 11.5 Å². The minimum absolute atomic E-state index is 0.0555. The lowest BCUT2D eigenvalue weighted by Gasteiger charge is -2.33. The minimum Gasteiger partial charge on any atom is -0.496 e. The first-order valence-electron chi connectivity index (χ1n) is 11.1. The summed E-state index contributed by atoms with van der Waals surface area (Å²) in [5.41, 5.74) is 6.79. The topological polar surface area (TPSA) is 50.7 Å². The van der Waals surface area contributed by atoms with Gasteiger partial charge in [-0.2, -0.15) is 0 Å². The van der Waals surface area contributed by atoms with Gasteiger partial charge in [0.05, 0.1) is 12.6 Å². The molecule has 4 nitrogen and oxygen atoms in total. The van der Waals surface area contributed by atoms with Gasteiger partial charge in [-0.05, 0) is 68.2 Å². The van der Waals surface area contributed by atoms with Gasteiger partial charge in [-0.25, -0.2) is 4.39 Å². The molecule has 5 heteroatoms. The van der Waals surface area contributed by atoms with E-state index >= 15 is 0 Å². The van der Waals surface area contributed by atoms with Crippen molar-refractivity contribution < 1.29 is 19.0 Å². The van der Waals surface area contributed by atoms with E-state index in [9.17, 15) is 9.50 Å². The Morgan fingerprint density at radius 1 is 1.00 bits per heavy atom. The molecule has 1 aliphatic rings. The molecule has 0 bridgehead atoms. The van der Waals surface area contributed by atoms with Crippen LogP contribution in [0.1, 0.15) is 37.5 Å². The molecule has 1 aliphatic heterocycles. The zero-order valence-electron chi connectivity index (χ0n) is 19.5. The number of rotatable bonds is 7. The number of para-hydroxylation sites is 1. The van der Waals surface area contributed by atoms with Gasteiger partial charge in [0.25, 0.3) is 0 Å². The van der Waals surface area contributed by atoms with Gasteiger partial charge in [-0.15, -0.1) is 0 Å². The lowest BCUT2D eigenvalue weighted by Crippen LogP contribution is -2.32. The first kappa shape index (κ1) is 22.9. The average molecular weight is 448 g/mol. The van der Waals surface area contributed by atoms with E-state index in [0.29, 0.717) is 18.8 Å². The third-order valence-corrected chi connectivity index (χ3v) is 5.92. The molecule has 3 aromatic rings. The summed E-state index contributed by atoms with van der Waals surface area (Å²) < 4.78 is 25.7. The molecular formula is C28H30FNO3. The van der Waals surface area contributed by atoms with Crippen LogP contribution in [0.25, 0.3) is 16.7 Å². The maximum absolute atomic E-state index is 13.9. The van der Waals surface area contributed by atoms with Gasteiger partial charge < -0.3 is 19.9 Å². The fourth-order valence-electron chi connectivity index (χ4n) is 4.61. The number of aliphatic hydroxyl groups excluding tert-OH is 1. The quantitative estimate of drug-likeness (QED) is 0.451. The van der Waals surface area contributed by atoms with Crippen molar-refractivity contribution in [2.45, 2.75) is 39.3 Å². The first-order valence-corrected chi connectivity index (χ1v) is 11.1. The van der Waals surface area contributed by atoms with Crippen molar-refractivity contribution in [2.24, 2.45) is 0 Å². The number of methoxy groups -OCH3 is 1. The van der Waals surface area contributed by atoms with Crippen molar-refractivity contribution >= 4 is 11.3 Å². The van der Waals surface area contributed by atoms with Crippen LogP contribution in [0, 0.1) is 5.82 Å².